The Hall–Kier alpha value is -2.15. The fourth-order valence-electron chi connectivity index (χ4n) is 3.41. The largest absolute Gasteiger partial charge is 0.347 e. The van der Waals surface area contributed by atoms with Gasteiger partial charge >= 0.3 is 6.05 Å². The zero-order valence-corrected chi connectivity index (χ0v) is 14.5. The monoisotopic (exact) mass is 365 g/mol. The first-order chi connectivity index (χ1) is 12.4. The molecule has 1 aliphatic rings. The zero-order chi connectivity index (χ0) is 18.7. The van der Waals surface area contributed by atoms with E-state index in [0.29, 0.717) is 24.4 Å². The fourth-order valence-corrected chi connectivity index (χ4v) is 3.41. The second-order valence-corrected chi connectivity index (χ2v) is 6.70. The van der Waals surface area contributed by atoms with Crippen molar-refractivity contribution < 1.29 is 18.0 Å². The zero-order valence-electron chi connectivity index (χ0n) is 14.5. The molecule has 0 saturated carbocycles. The van der Waals surface area contributed by atoms with E-state index in [1.165, 1.54) is 0 Å². The molecule has 3 unspecified atom stereocenters. The normalized spacial score (nSPS) is 21.3. The van der Waals surface area contributed by atoms with Gasteiger partial charge in [-0.1, -0.05) is 43.7 Å². The lowest BCUT2D eigenvalue weighted by molar-refractivity contribution is -0.218. The molecule has 3 rings (SSSR count). The van der Waals surface area contributed by atoms with Crippen LogP contribution in [0.5, 0.6) is 0 Å². The van der Waals surface area contributed by atoms with Crippen LogP contribution >= 0.6 is 0 Å². The van der Waals surface area contributed by atoms with Crippen LogP contribution in [0.1, 0.15) is 38.1 Å². The Bertz CT molecular complexity index is 735. The first-order valence-corrected chi connectivity index (χ1v) is 8.79. The maximum absolute atomic E-state index is 14.9. The highest BCUT2D eigenvalue weighted by atomic mass is 19.3. The van der Waals surface area contributed by atoms with Crippen molar-refractivity contribution in [3.63, 3.8) is 0 Å². The van der Waals surface area contributed by atoms with Gasteiger partial charge in [0, 0.05) is 18.3 Å². The Kier molecular flexibility index (Phi) is 5.46. The van der Waals surface area contributed by atoms with Gasteiger partial charge in [0.05, 0.1) is 17.7 Å². The quantitative estimate of drug-likeness (QED) is 0.611. The number of alkyl halides is 3. The average Bonchev–Trinajstić information content (AvgIpc) is 3.17. The van der Waals surface area contributed by atoms with Gasteiger partial charge in [0.2, 0.25) is 0 Å². The Morgan fingerprint density at radius 2 is 2.04 bits per heavy atom. The Labute approximate surface area is 150 Å². The molecule has 2 heterocycles. The van der Waals surface area contributed by atoms with Gasteiger partial charge in [-0.05, 0) is 12.8 Å². The maximum atomic E-state index is 14.9. The summed E-state index contributed by atoms with van der Waals surface area (Å²) in [7, 11) is 0. The number of halogens is 3. The van der Waals surface area contributed by atoms with Crippen LogP contribution in [0.2, 0.25) is 0 Å². The van der Waals surface area contributed by atoms with Crippen molar-refractivity contribution in [1.29, 1.82) is 0 Å². The van der Waals surface area contributed by atoms with Crippen LogP contribution in [0.25, 0.3) is 11.3 Å². The van der Waals surface area contributed by atoms with Crippen molar-refractivity contribution >= 4 is 6.29 Å². The van der Waals surface area contributed by atoms with E-state index < -0.39 is 24.2 Å². The van der Waals surface area contributed by atoms with Crippen LogP contribution in [0.15, 0.2) is 36.5 Å². The fraction of sp³-hybridized carbons (Fsp3) is 0.474. The molecule has 0 amide bonds. The van der Waals surface area contributed by atoms with Crippen LogP contribution in [0.3, 0.4) is 0 Å². The number of nitrogens with one attached hydrogen (secondary N) is 1. The third-order valence-corrected chi connectivity index (χ3v) is 5.02. The third kappa shape index (κ3) is 3.53. The predicted molar refractivity (Wildman–Crippen MR) is 92.4 cm³/mol. The lowest BCUT2D eigenvalue weighted by Gasteiger charge is -2.42. The number of piperidine rings is 1. The van der Waals surface area contributed by atoms with E-state index in [1.807, 2.05) is 30.3 Å². The first kappa shape index (κ1) is 18.6. The lowest BCUT2D eigenvalue weighted by atomic mass is 9.96. The molecule has 140 valence electrons. The molecule has 0 aliphatic carbocycles. The van der Waals surface area contributed by atoms with Gasteiger partial charge in [-0.15, -0.1) is 0 Å². The number of hydrogen-bond acceptors (Lipinski definition) is 3. The molecule has 0 radical (unpaired) electrons. The van der Waals surface area contributed by atoms with Gasteiger partial charge in [-0.3, -0.25) is 0 Å². The van der Waals surface area contributed by atoms with E-state index in [0.717, 1.165) is 23.8 Å². The molecule has 3 atom stereocenters. The van der Waals surface area contributed by atoms with Crippen molar-refractivity contribution in [3.8, 4) is 11.3 Å². The molecule has 26 heavy (non-hydrogen) atoms. The van der Waals surface area contributed by atoms with Crippen molar-refractivity contribution in [2.45, 2.75) is 44.4 Å². The lowest BCUT2D eigenvalue weighted by Crippen LogP contribution is -2.52. The van der Waals surface area contributed by atoms with E-state index in [4.69, 9.17) is 0 Å². The number of benzene rings is 1. The molecule has 0 bridgehead atoms. The summed E-state index contributed by atoms with van der Waals surface area (Å²) in [4.78, 5) is 19.1. The van der Waals surface area contributed by atoms with E-state index >= 15 is 0 Å². The summed E-state index contributed by atoms with van der Waals surface area (Å²) in [6.45, 7) is 1.21. The number of carbonyl (C=O) groups excluding carboxylic acids is 1. The SMILES string of the molecule is CC(C(F)C=O)C(F)(F)N1CCCCC1c1nc(-c2ccccc2)c[nH]1. The number of aromatic amines is 1. The summed E-state index contributed by atoms with van der Waals surface area (Å²) < 4.78 is 43.4. The second kappa shape index (κ2) is 7.61. The summed E-state index contributed by atoms with van der Waals surface area (Å²) in [5.74, 6) is -1.28. The number of imidazole rings is 1. The molecular formula is C19H22F3N3O. The Balaban J connectivity index is 1.88. The van der Waals surface area contributed by atoms with Crippen molar-refractivity contribution in [1.82, 2.24) is 14.9 Å². The van der Waals surface area contributed by atoms with E-state index in [9.17, 15) is 18.0 Å². The molecule has 1 aromatic carbocycles. The van der Waals surface area contributed by atoms with Crippen LogP contribution in [-0.2, 0) is 4.79 Å². The highest BCUT2D eigenvalue weighted by Gasteiger charge is 2.50. The smallest absolute Gasteiger partial charge is 0.311 e. The first-order valence-electron chi connectivity index (χ1n) is 8.79. The highest BCUT2D eigenvalue weighted by molar-refractivity contribution is 5.58. The van der Waals surface area contributed by atoms with Crippen molar-refractivity contribution in [2.24, 2.45) is 5.92 Å². The number of H-pyrrole nitrogens is 1. The number of likely N-dealkylation sites (tertiary alicyclic amines) is 1. The van der Waals surface area contributed by atoms with Crippen LogP contribution in [0.4, 0.5) is 13.2 Å². The van der Waals surface area contributed by atoms with Gasteiger partial charge in [-0.25, -0.2) is 14.3 Å². The molecule has 2 aromatic rings. The predicted octanol–water partition coefficient (Wildman–Crippen LogP) is 4.37. The summed E-state index contributed by atoms with van der Waals surface area (Å²) >= 11 is 0. The molecule has 0 spiro atoms. The number of aldehydes is 1. The molecule has 1 aromatic heterocycles. The van der Waals surface area contributed by atoms with Gasteiger partial charge in [0.1, 0.15) is 5.82 Å². The van der Waals surface area contributed by atoms with Crippen molar-refractivity contribution in [3.05, 3.63) is 42.4 Å². The maximum Gasteiger partial charge on any atom is 0.311 e. The third-order valence-electron chi connectivity index (χ3n) is 5.02. The Morgan fingerprint density at radius 3 is 2.73 bits per heavy atom. The van der Waals surface area contributed by atoms with Crippen LogP contribution in [-0.4, -0.2) is 39.9 Å². The minimum absolute atomic E-state index is 0.0576. The molecule has 1 N–H and O–H groups in total. The van der Waals surface area contributed by atoms with Gasteiger partial charge in [0.15, 0.2) is 12.5 Å². The van der Waals surface area contributed by atoms with Gasteiger partial charge < -0.3 is 9.78 Å². The summed E-state index contributed by atoms with van der Waals surface area (Å²) in [5, 5.41) is 0. The standard InChI is InChI=1S/C19H22F3N3O/c1-13(15(20)12-26)19(21,22)25-10-6-5-9-17(25)18-23-11-16(24-18)14-7-3-2-4-8-14/h2-4,7-8,11-13,15,17H,5-6,9-10H2,1H3,(H,23,24). The number of aromatic nitrogens is 2. The molecule has 4 nitrogen and oxygen atoms in total. The second-order valence-electron chi connectivity index (χ2n) is 6.70. The van der Waals surface area contributed by atoms with E-state index in [-0.39, 0.29) is 12.8 Å². The van der Waals surface area contributed by atoms with Crippen LogP contribution in [0, 0.1) is 5.92 Å². The Morgan fingerprint density at radius 1 is 1.31 bits per heavy atom. The summed E-state index contributed by atoms with van der Waals surface area (Å²) in [5.41, 5.74) is 1.57. The molecule has 1 saturated heterocycles. The average molecular weight is 365 g/mol. The topological polar surface area (TPSA) is 49.0 Å². The van der Waals surface area contributed by atoms with E-state index in [1.54, 1.807) is 6.20 Å². The molecule has 1 aliphatic heterocycles. The van der Waals surface area contributed by atoms with Gasteiger partial charge in [0.25, 0.3) is 0 Å². The van der Waals surface area contributed by atoms with Crippen LogP contribution < -0.4 is 0 Å². The highest BCUT2D eigenvalue weighted by Crippen LogP contribution is 2.42. The summed E-state index contributed by atoms with van der Waals surface area (Å²) in [6.07, 6.45) is 1.33. The number of rotatable bonds is 6. The van der Waals surface area contributed by atoms with Gasteiger partial charge in [-0.2, -0.15) is 8.78 Å². The van der Waals surface area contributed by atoms with E-state index in [2.05, 4.69) is 9.97 Å². The molecule has 1 fully saturated rings. The minimum atomic E-state index is -3.44. The molecular weight excluding hydrogens is 343 g/mol. The van der Waals surface area contributed by atoms with Crippen molar-refractivity contribution in [2.75, 3.05) is 6.54 Å². The number of nitrogens with zero attached hydrogens (tertiary/aromatic N) is 2. The molecule has 7 heteroatoms. The minimum Gasteiger partial charge on any atom is -0.347 e. The number of carbonyl (C=O) groups is 1. The summed E-state index contributed by atoms with van der Waals surface area (Å²) in [6, 6.07) is 5.37. The number of hydrogen-bond donors (Lipinski definition) is 1.